The number of rotatable bonds is 5. The van der Waals surface area contributed by atoms with Gasteiger partial charge in [-0.3, -0.25) is 0 Å². The van der Waals surface area contributed by atoms with Crippen LogP contribution in [0.2, 0.25) is 0 Å². The van der Waals surface area contributed by atoms with Gasteiger partial charge in [0.25, 0.3) is 0 Å². The monoisotopic (exact) mass is 369 g/mol. The minimum absolute atomic E-state index is 0. The standard InChI is InChI=1S/C16H19N3O3S.ClH/c20-23(21,19(12-5-6-12)13-7-9-17-11-13)16-4-2-1-3-14(16)15-8-10-18-22-15;/h1-4,8,10,12-13,17H,5-7,9,11H2;1H. The van der Waals surface area contributed by atoms with Crippen LogP contribution in [0.5, 0.6) is 0 Å². The smallest absolute Gasteiger partial charge is 0.244 e. The number of halogens is 1. The normalized spacial score (nSPS) is 21.0. The first kappa shape index (κ1) is 17.4. The van der Waals surface area contributed by atoms with E-state index in [-0.39, 0.29) is 24.5 Å². The van der Waals surface area contributed by atoms with Crippen LogP contribution in [0.4, 0.5) is 0 Å². The number of nitrogens with zero attached hydrogens (tertiary/aromatic N) is 2. The third kappa shape index (κ3) is 3.09. The second-order valence-electron chi connectivity index (χ2n) is 6.09. The van der Waals surface area contributed by atoms with Crippen LogP contribution in [0.25, 0.3) is 11.3 Å². The molecule has 2 heterocycles. The first-order chi connectivity index (χ1) is 11.2. The summed E-state index contributed by atoms with van der Waals surface area (Å²) in [6.45, 7) is 1.59. The molecular weight excluding hydrogens is 350 g/mol. The fourth-order valence-corrected chi connectivity index (χ4v) is 5.34. The number of sulfonamides is 1. The molecule has 2 aromatic rings. The van der Waals surface area contributed by atoms with E-state index in [1.807, 2.05) is 6.07 Å². The molecule has 1 aliphatic carbocycles. The Balaban J connectivity index is 0.00000169. The summed E-state index contributed by atoms with van der Waals surface area (Å²) in [5, 5.41) is 6.96. The number of hydrogen-bond acceptors (Lipinski definition) is 5. The van der Waals surface area contributed by atoms with Crippen LogP contribution in [0.1, 0.15) is 19.3 Å². The second-order valence-corrected chi connectivity index (χ2v) is 7.90. The first-order valence-electron chi connectivity index (χ1n) is 7.92. The van der Waals surface area contributed by atoms with Gasteiger partial charge in [-0.25, -0.2) is 8.42 Å². The Morgan fingerprint density at radius 3 is 2.54 bits per heavy atom. The summed E-state index contributed by atoms with van der Waals surface area (Å²) in [6, 6.07) is 8.85. The molecule has 8 heteroatoms. The third-order valence-corrected chi connectivity index (χ3v) is 6.51. The van der Waals surface area contributed by atoms with E-state index < -0.39 is 10.0 Å². The molecule has 2 fully saturated rings. The van der Waals surface area contributed by atoms with Crippen LogP contribution >= 0.6 is 12.4 Å². The largest absolute Gasteiger partial charge is 0.356 e. The van der Waals surface area contributed by atoms with E-state index in [1.165, 1.54) is 6.20 Å². The maximum absolute atomic E-state index is 13.4. The molecule has 4 rings (SSSR count). The van der Waals surface area contributed by atoms with Crippen LogP contribution in [0.15, 0.2) is 45.9 Å². The van der Waals surface area contributed by atoms with Gasteiger partial charge in [-0.15, -0.1) is 12.4 Å². The van der Waals surface area contributed by atoms with Crippen molar-refractivity contribution < 1.29 is 12.9 Å². The van der Waals surface area contributed by atoms with Crippen LogP contribution in [-0.2, 0) is 10.0 Å². The lowest BCUT2D eigenvalue weighted by molar-refractivity contribution is 0.327. The van der Waals surface area contributed by atoms with Gasteiger partial charge in [0, 0.05) is 30.3 Å². The molecule has 6 nitrogen and oxygen atoms in total. The maximum Gasteiger partial charge on any atom is 0.244 e. The Bertz CT molecular complexity index is 785. The molecule has 1 atom stereocenters. The number of hydrogen-bond donors (Lipinski definition) is 1. The van der Waals surface area contributed by atoms with Gasteiger partial charge >= 0.3 is 0 Å². The van der Waals surface area contributed by atoms with Crippen LogP contribution in [-0.4, -0.2) is 43.1 Å². The van der Waals surface area contributed by atoms with Gasteiger partial charge in [-0.2, -0.15) is 4.31 Å². The summed E-state index contributed by atoms with van der Waals surface area (Å²) in [5.41, 5.74) is 0.571. The van der Waals surface area contributed by atoms with Gasteiger partial charge in [0.15, 0.2) is 5.76 Å². The lowest BCUT2D eigenvalue weighted by Gasteiger charge is -2.28. The summed E-state index contributed by atoms with van der Waals surface area (Å²) in [7, 11) is -3.57. The highest BCUT2D eigenvalue weighted by molar-refractivity contribution is 7.89. The van der Waals surface area contributed by atoms with Crippen molar-refractivity contribution in [3.8, 4) is 11.3 Å². The summed E-state index contributed by atoms with van der Waals surface area (Å²) in [4.78, 5) is 0.301. The minimum Gasteiger partial charge on any atom is -0.356 e. The van der Waals surface area contributed by atoms with Crippen LogP contribution in [0, 0.1) is 0 Å². The number of benzene rings is 1. The fraction of sp³-hybridized carbons (Fsp3) is 0.438. The van der Waals surface area contributed by atoms with Crippen molar-refractivity contribution in [1.29, 1.82) is 0 Å². The molecule has 0 radical (unpaired) electrons. The predicted molar refractivity (Wildman–Crippen MR) is 92.5 cm³/mol. The minimum atomic E-state index is -3.57. The fourth-order valence-electron chi connectivity index (χ4n) is 3.24. The summed E-state index contributed by atoms with van der Waals surface area (Å²) < 4.78 is 33.6. The topological polar surface area (TPSA) is 75.4 Å². The van der Waals surface area contributed by atoms with Gasteiger partial charge in [-0.1, -0.05) is 17.3 Å². The van der Waals surface area contributed by atoms with E-state index in [2.05, 4.69) is 10.5 Å². The van der Waals surface area contributed by atoms with Crippen LogP contribution < -0.4 is 5.32 Å². The molecule has 0 spiro atoms. The van der Waals surface area contributed by atoms with Gasteiger partial charge in [0.05, 0.1) is 11.1 Å². The lowest BCUT2D eigenvalue weighted by atomic mass is 10.2. The van der Waals surface area contributed by atoms with Gasteiger partial charge in [0.1, 0.15) is 0 Å². The average Bonchev–Trinajstić information content (AvgIpc) is 3.04. The molecule has 1 N–H and O–H groups in total. The maximum atomic E-state index is 13.4. The predicted octanol–water partition coefficient (Wildman–Crippen LogP) is 2.28. The zero-order chi connectivity index (χ0) is 15.9. The Labute approximate surface area is 147 Å². The van der Waals surface area contributed by atoms with E-state index in [0.29, 0.717) is 16.2 Å². The first-order valence-corrected chi connectivity index (χ1v) is 9.36. The van der Waals surface area contributed by atoms with Crippen molar-refractivity contribution in [3.63, 3.8) is 0 Å². The Hall–Kier alpha value is -1.41. The van der Waals surface area contributed by atoms with Crippen molar-refractivity contribution >= 4 is 22.4 Å². The van der Waals surface area contributed by atoms with Crippen LogP contribution in [0.3, 0.4) is 0 Å². The third-order valence-electron chi connectivity index (χ3n) is 4.45. The van der Waals surface area contributed by atoms with E-state index in [9.17, 15) is 8.42 Å². The van der Waals surface area contributed by atoms with Crippen molar-refractivity contribution in [2.45, 2.75) is 36.2 Å². The molecule has 1 aromatic carbocycles. The summed E-state index contributed by atoms with van der Waals surface area (Å²) in [5.74, 6) is 0.476. The van der Waals surface area contributed by atoms with Crippen molar-refractivity contribution in [2.75, 3.05) is 13.1 Å². The zero-order valence-corrected chi connectivity index (χ0v) is 14.7. The number of nitrogens with one attached hydrogen (secondary N) is 1. The number of aromatic nitrogens is 1. The Kier molecular flexibility index (Phi) is 4.96. The Morgan fingerprint density at radius 2 is 1.92 bits per heavy atom. The van der Waals surface area contributed by atoms with Gasteiger partial charge in [-0.05, 0) is 37.9 Å². The highest BCUT2D eigenvalue weighted by Gasteiger charge is 2.44. The molecule has 1 aliphatic heterocycles. The SMILES string of the molecule is Cl.O=S(=O)(c1ccccc1-c1ccno1)N(C1CC1)C1CCNC1. The van der Waals surface area contributed by atoms with Gasteiger partial charge < -0.3 is 9.84 Å². The molecule has 24 heavy (non-hydrogen) atoms. The Morgan fingerprint density at radius 1 is 1.12 bits per heavy atom. The van der Waals surface area contributed by atoms with Gasteiger partial charge in [0.2, 0.25) is 10.0 Å². The van der Waals surface area contributed by atoms with E-state index in [1.54, 1.807) is 28.6 Å². The molecule has 0 amide bonds. The molecule has 1 unspecified atom stereocenters. The average molecular weight is 370 g/mol. The van der Waals surface area contributed by atoms with E-state index in [0.717, 1.165) is 32.4 Å². The molecule has 0 bridgehead atoms. The zero-order valence-electron chi connectivity index (χ0n) is 13.1. The molecule has 1 aromatic heterocycles. The highest BCUT2D eigenvalue weighted by Crippen LogP contribution is 2.38. The second kappa shape index (κ2) is 6.84. The molecule has 1 saturated heterocycles. The quantitative estimate of drug-likeness (QED) is 0.875. The van der Waals surface area contributed by atoms with Crippen molar-refractivity contribution in [3.05, 3.63) is 36.5 Å². The molecular formula is C16H20ClN3O3S. The van der Waals surface area contributed by atoms with E-state index in [4.69, 9.17) is 4.52 Å². The highest BCUT2D eigenvalue weighted by atomic mass is 35.5. The lowest BCUT2D eigenvalue weighted by Crippen LogP contribution is -2.43. The van der Waals surface area contributed by atoms with Crippen molar-refractivity contribution in [1.82, 2.24) is 14.8 Å². The summed E-state index contributed by atoms with van der Waals surface area (Å²) >= 11 is 0. The molecule has 1 saturated carbocycles. The van der Waals surface area contributed by atoms with E-state index >= 15 is 0 Å². The molecule has 2 aliphatic rings. The molecule has 130 valence electrons. The van der Waals surface area contributed by atoms with Crippen molar-refractivity contribution in [2.24, 2.45) is 0 Å². The summed E-state index contributed by atoms with van der Waals surface area (Å²) in [6.07, 6.45) is 4.28.